The van der Waals surface area contributed by atoms with Gasteiger partial charge < -0.3 is 10.2 Å². The van der Waals surface area contributed by atoms with E-state index in [1.54, 1.807) is 0 Å². The van der Waals surface area contributed by atoms with Crippen molar-refractivity contribution in [2.75, 3.05) is 18.0 Å². The minimum Gasteiger partial charge on any atom is -0.345 e. The Bertz CT molecular complexity index is 414. The van der Waals surface area contributed by atoms with Crippen molar-refractivity contribution in [1.82, 2.24) is 10.3 Å². The van der Waals surface area contributed by atoms with Gasteiger partial charge in [0.2, 0.25) is 0 Å². The van der Waals surface area contributed by atoms with Crippen LogP contribution in [-0.2, 0) is 6.54 Å². The predicted octanol–water partition coefficient (Wildman–Crippen LogP) is 4.14. The van der Waals surface area contributed by atoms with Crippen LogP contribution in [0.2, 0.25) is 0 Å². The average molecular weight is 295 g/mol. The van der Waals surface area contributed by atoms with E-state index in [0.29, 0.717) is 12.0 Å². The van der Waals surface area contributed by atoms with Crippen molar-refractivity contribution in [3.8, 4) is 0 Å². The van der Waals surface area contributed by atoms with E-state index in [9.17, 15) is 0 Å². The van der Waals surface area contributed by atoms with Crippen LogP contribution in [0.4, 0.5) is 5.13 Å². The van der Waals surface area contributed by atoms with Gasteiger partial charge in [-0.15, -0.1) is 11.3 Å². The lowest BCUT2D eigenvalue weighted by Gasteiger charge is -2.35. The molecule has 0 aliphatic carbocycles. The fraction of sp³-hybridized carbons (Fsp3) is 0.812. The maximum absolute atomic E-state index is 4.99. The van der Waals surface area contributed by atoms with Gasteiger partial charge in [0.25, 0.3) is 0 Å². The zero-order chi connectivity index (χ0) is 14.5. The third-order valence-corrected chi connectivity index (χ3v) is 5.25. The standard InChI is InChI=1S/C16H29N3S/c1-5-13-9-7-8-10-19(13)16-18-15(12(3)4)14(20-16)11-17-6-2/h12-13,17H,5-11H2,1-4H3. The Kier molecular flexibility index (Phi) is 5.85. The van der Waals surface area contributed by atoms with Gasteiger partial charge in [0.05, 0.1) is 5.69 Å². The Morgan fingerprint density at radius 1 is 1.35 bits per heavy atom. The summed E-state index contributed by atoms with van der Waals surface area (Å²) in [4.78, 5) is 8.98. The Labute approximate surface area is 127 Å². The summed E-state index contributed by atoms with van der Waals surface area (Å²) in [5.41, 5.74) is 1.30. The molecule has 3 nitrogen and oxygen atoms in total. The molecule has 2 rings (SSSR count). The zero-order valence-electron chi connectivity index (χ0n) is 13.4. The molecule has 2 heterocycles. The fourth-order valence-corrected chi connectivity index (χ4v) is 4.25. The number of rotatable bonds is 6. The van der Waals surface area contributed by atoms with Gasteiger partial charge in [0.1, 0.15) is 0 Å². The molecule has 0 radical (unpaired) electrons. The van der Waals surface area contributed by atoms with Crippen LogP contribution in [0.15, 0.2) is 0 Å². The molecule has 1 aliphatic heterocycles. The molecule has 0 saturated carbocycles. The van der Waals surface area contributed by atoms with Gasteiger partial charge >= 0.3 is 0 Å². The molecular weight excluding hydrogens is 266 g/mol. The van der Waals surface area contributed by atoms with E-state index in [2.05, 4.69) is 37.9 Å². The lowest BCUT2D eigenvalue weighted by atomic mass is 10.0. The highest BCUT2D eigenvalue weighted by atomic mass is 32.1. The summed E-state index contributed by atoms with van der Waals surface area (Å²) in [7, 11) is 0. The van der Waals surface area contributed by atoms with Gasteiger partial charge in [-0.1, -0.05) is 27.7 Å². The highest BCUT2D eigenvalue weighted by Gasteiger charge is 2.25. The smallest absolute Gasteiger partial charge is 0.186 e. The van der Waals surface area contributed by atoms with Crippen molar-refractivity contribution >= 4 is 16.5 Å². The molecule has 1 unspecified atom stereocenters. The third-order valence-electron chi connectivity index (χ3n) is 4.14. The number of hydrogen-bond acceptors (Lipinski definition) is 4. The number of aromatic nitrogens is 1. The molecule has 1 fully saturated rings. The Morgan fingerprint density at radius 2 is 2.15 bits per heavy atom. The first-order valence-electron chi connectivity index (χ1n) is 8.14. The van der Waals surface area contributed by atoms with E-state index < -0.39 is 0 Å². The highest BCUT2D eigenvalue weighted by molar-refractivity contribution is 7.15. The number of anilines is 1. The second-order valence-electron chi connectivity index (χ2n) is 5.99. The average Bonchev–Trinajstić information content (AvgIpc) is 2.89. The van der Waals surface area contributed by atoms with Crippen molar-refractivity contribution in [3.05, 3.63) is 10.6 Å². The molecule has 1 atom stereocenters. The van der Waals surface area contributed by atoms with Crippen molar-refractivity contribution in [1.29, 1.82) is 0 Å². The largest absolute Gasteiger partial charge is 0.345 e. The monoisotopic (exact) mass is 295 g/mol. The van der Waals surface area contributed by atoms with Gasteiger partial charge in [-0.05, 0) is 38.1 Å². The van der Waals surface area contributed by atoms with Gasteiger partial charge in [-0.2, -0.15) is 0 Å². The molecule has 0 aromatic carbocycles. The quantitative estimate of drug-likeness (QED) is 0.854. The summed E-state index contributed by atoms with van der Waals surface area (Å²) in [5.74, 6) is 0.513. The Morgan fingerprint density at radius 3 is 2.80 bits per heavy atom. The molecule has 4 heteroatoms. The number of hydrogen-bond donors (Lipinski definition) is 1. The number of piperidine rings is 1. The van der Waals surface area contributed by atoms with Gasteiger partial charge in [-0.25, -0.2) is 4.98 Å². The SMILES string of the molecule is CCNCc1sc(N2CCCCC2CC)nc1C(C)C. The van der Waals surface area contributed by atoms with E-state index >= 15 is 0 Å². The summed E-state index contributed by atoms with van der Waals surface area (Å²) in [6.45, 7) is 12.1. The lowest BCUT2D eigenvalue weighted by molar-refractivity contribution is 0.449. The first kappa shape index (κ1) is 15.8. The maximum Gasteiger partial charge on any atom is 0.186 e. The first-order chi connectivity index (χ1) is 9.67. The minimum absolute atomic E-state index is 0.513. The highest BCUT2D eigenvalue weighted by Crippen LogP contribution is 2.34. The second-order valence-corrected chi connectivity index (χ2v) is 7.05. The maximum atomic E-state index is 4.99. The summed E-state index contributed by atoms with van der Waals surface area (Å²) in [5, 5.41) is 4.71. The van der Waals surface area contributed by atoms with Crippen molar-refractivity contribution in [3.63, 3.8) is 0 Å². The molecule has 1 aliphatic rings. The molecule has 0 bridgehead atoms. The van der Waals surface area contributed by atoms with Crippen molar-refractivity contribution in [2.45, 2.75) is 71.9 Å². The van der Waals surface area contributed by atoms with Gasteiger partial charge in [0.15, 0.2) is 5.13 Å². The van der Waals surface area contributed by atoms with Crippen LogP contribution in [0.1, 0.15) is 69.9 Å². The van der Waals surface area contributed by atoms with Crippen molar-refractivity contribution in [2.24, 2.45) is 0 Å². The number of thiazole rings is 1. The topological polar surface area (TPSA) is 28.2 Å². The number of nitrogens with zero attached hydrogens (tertiary/aromatic N) is 2. The molecule has 1 aromatic heterocycles. The molecule has 1 saturated heterocycles. The van der Waals surface area contributed by atoms with Crippen LogP contribution >= 0.6 is 11.3 Å². The van der Waals surface area contributed by atoms with E-state index in [-0.39, 0.29) is 0 Å². The third kappa shape index (κ3) is 3.53. The predicted molar refractivity (Wildman–Crippen MR) is 88.9 cm³/mol. The van der Waals surface area contributed by atoms with E-state index in [1.165, 1.54) is 47.9 Å². The molecule has 0 amide bonds. The fourth-order valence-electron chi connectivity index (χ4n) is 2.97. The molecule has 114 valence electrons. The van der Waals surface area contributed by atoms with Crippen molar-refractivity contribution < 1.29 is 0 Å². The van der Waals surface area contributed by atoms with Crippen LogP contribution in [-0.4, -0.2) is 24.1 Å². The normalized spacial score (nSPS) is 19.9. The van der Waals surface area contributed by atoms with E-state index in [1.807, 2.05) is 11.3 Å². The summed E-state index contributed by atoms with van der Waals surface area (Å²) >= 11 is 1.91. The summed E-state index contributed by atoms with van der Waals surface area (Å²) in [6, 6.07) is 0.696. The molecule has 20 heavy (non-hydrogen) atoms. The lowest BCUT2D eigenvalue weighted by Crippen LogP contribution is -2.39. The van der Waals surface area contributed by atoms with Crippen LogP contribution in [0, 0.1) is 0 Å². The Hall–Kier alpha value is -0.610. The number of nitrogens with one attached hydrogen (secondary N) is 1. The summed E-state index contributed by atoms with van der Waals surface area (Å²) < 4.78 is 0. The minimum atomic E-state index is 0.513. The van der Waals surface area contributed by atoms with Crippen LogP contribution in [0.3, 0.4) is 0 Å². The summed E-state index contributed by atoms with van der Waals surface area (Å²) in [6.07, 6.45) is 5.26. The molecule has 0 spiro atoms. The van der Waals surface area contributed by atoms with E-state index in [0.717, 1.165) is 13.1 Å². The first-order valence-corrected chi connectivity index (χ1v) is 8.95. The molecule has 1 N–H and O–H groups in total. The molecule has 1 aromatic rings. The van der Waals surface area contributed by atoms with Crippen LogP contribution in [0.5, 0.6) is 0 Å². The van der Waals surface area contributed by atoms with E-state index in [4.69, 9.17) is 4.98 Å². The zero-order valence-corrected chi connectivity index (χ0v) is 14.2. The molecular formula is C16H29N3S. The van der Waals surface area contributed by atoms with Gasteiger partial charge in [0, 0.05) is 24.0 Å². The Balaban J connectivity index is 2.22. The van der Waals surface area contributed by atoms with Gasteiger partial charge in [-0.3, -0.25) is 0 Å². The van der Waals surface area contributed by atoms with Crippen LogP contribution < -0.4 is 10.2 Å². The second kappa shape index (κ2) is 7.41. The van der Waals surface area contributed by atoms with Crippen LogP contribution in [0.25, 0.3) is 0 Å².